The molecule has 0 radical (unpaired) electrons. The third-order valence-electron chi connectivity index (χ3n) is 4.43. The fourth-order valence-electron chi connectivity index (χ4n) is 2.88. The number of carbonyl (C=O) groups excluding carboxylic acids is 1. The lowest BCUT2D eigenvalue weighted by molar-refractivity contribution is -0.118. The van der Waals surface area contributed by atoms with E-state index in [1.165, 1.54) is 0 Å². The predicted octanol–water partition coefficient (Wildman–Crippen LogP) is 3.73. The Morgan fingerprint density at radius 3 is 2.72 bits per heavy atom. The summed E-state index contributed by atoms with van der Waals surface area (Å²) in [5, 5.41) is 7.24. The van der Waals surface area contributed by atoms with Gasteiger partial charge >= 0.3 is 0 Å². The fraction of sp³-hybridized carbons (Fsp3) is 0.136. The number of nitrogens with zero attached hydrogens (tertiary/aromatic N) is 3. The van der Waals surface area contributed by atoms with E-state index in [0.717, 1.165) is 16.8 Å². The van der Waals surface area contributed by atoms with Gasteiger partial charge in [0, 0.05) is 17.3 Å². The number of imidazole rings is 1. The summed E-state index contributed by atoms with van der Waals surface area (Å²) in [6, 6.07) is 18.7. The van der Waals surface area contributed by atoms with Crippen molar-refractivity contribution in [2.45, 2.75) is 6.92 Å². The maximum atomic E-state index is 12.3. The van der Waals surface area contributed by atoms with E-state index < -0.39 is 0 Å². The minimum absolute atomic E-state index is 0.0637. The van der Waals surface area contributed by atoms with Gasteiger partial charge in [-0.3, -0.25) is 4.79 Å². The summed E-state index contributed by atoms with van der Waals surface area (Å²) in [4.78, 5) is 16.9. The van der Waals surface area contributed by atoms with Crippen molar-refractivity contribution in [3.63, 3.8) is 0 Å². The van der Waals surface area contributed by atoms with E-state index in [1.807, 2.05) is 67.7 Å². The number of aromatic nitrogens is 3. The summed E-state index contributed by atoms with van der Waals surface area (Å²) < 4.78 is 12.3. The van der Waals surface area contributed by atoms with Gasteiger partial charge in [0.2, 0.25) is 5.88 Å². The van der Waals surface area contributed by atoms with Crippen molar-refractivity contribution in [2.24, 2.45) is 0 Å². The SMILES string of the molecule is COc1ccc2nc(-c3ccc(C)c(NC(=O)COc4ccccc4)c3)cn2n1. The summed E-state index contributed by atoms with van der Waals surface area (Å²) in [6.07, 6.45) is 1.83. The van der Waals surface area contributed by atoms with Crippen molar-refractivity contribution < 1.29 is 14.3 Å². The number of hydrogen-bond acceptors (Lipinski definition) is 5. The lowest BCUT2D eigenvalue weighted by atomic mass is 10.1. The highest BCUT2D eigenvalue weighted by Crippen LogP contribution is 2.25. The molecule has 2 heterocycles. The van der Waals surface area contributed by atoms with Gasteiger partial charge in [0.1, 0.15) is 5.75 Å². The summed E-state index contributed by atoms with van der Waals surface area (Å²) in [6.45, 7) is 1.87. The maximum absolute atomic E-state index is 12.3. The van der Waals surface area contributed by atoms with Gasteiger partial charge in [0.05, 0.1) is 19.0 Å². The van der Waals surface area contributed by atoms with E-state index in [4.69, 9.17) is 9.47 Å². The number of ether oxygens (including phenoxy) is 2. The lowest BCUT2D eigenvalue weighted by Crippen LogP contribution is -2.20. The Labute approximate surface area is 167 Å². The van der Waals surface area contributed by atoms with Crippen LogP contribution in [-0.4, -0.2) is 34.2 Å². The molecule has 146 valence electrons. The van der Waals surface area contributed by atoms with Gasteiger partial charge in [-0.2, -0.15) is 0 Å². The molecule has 4 rings (SSSR count). The van der Waals surface area contributed by atoms with E-state index >= 15 is 0 Å². The lowest BCUT2D eigenvalue weighted by Gasteiger charge is -2.11. The minimum atomic E-state index is -0.226. The molecule has 0 bridgehead atoms. The van der Waals surface area contributed by atoms with Crippen LogP contribution in [0.2, 0.25) is 0 Å². The highest BCUT2D eigenvalue weighted by molar-refractivity contribution is 5.93. The first-order valence-corrected chi connectivity index (χ1v) is 9.11. The van der Waals surface area contributed by atoms with E-state index in [-0.39, 0.29) is 12.5 Å². The normalized spacial score (nSPS) is 10.7. The Morgan fingerprint density at radius 2 is 1.93 bits per heavy atom. The zero-order valence-electron chi connectivity index (χ0n) is 16.1. The first-order valence-electron chi connectivity index (χ1n) is 9.11. The van der Waals surface area contributed by atoms with Crippen molar-refractivity contribution in [2.75, 3.05) is 19.0 Å². The van der Waals surface area contributed by atoms with Crippen LogP contribution in [0, 0.1) is 6.92 Å². The van der Waals surface area contributed by atoms with Crippen LogP contribution in [-0.2, 0) is 4.79 Å². The number of benzene rings is 2. The zero-order valence-corrected chi connectivity index (χ0v) is 16.1. The van der Waals surface area contributed by atoms with Crippen LogP contribution in [0.15, 0.2) is 66.9 Å². The van der Waals surface area contributed by atoms with Crippen LogP contribution in [0.1, 0.15) is 5.56 Å². The Hall–Kier alpha value is -3.87. The molecule has 0 aliphatic heterocycles. The van der Waals surface area contributed by atoms with Crippen LogP contribution >= 0.6 is 0 Å². The number of amides is 1. The number of anilines is 1. The van der Waals surface area contributed by atoms with Crippen molar-refractivity contribution >= 4 is 17.2 Å². The summed E-state index contributed by atoms with van der Waals surface area (Å²) >= 11 is 0. The van der Waals surface area contributed by atoms with Crippen molar-refractivity contribution in [1.29, 1.82) is 0 Å². The van der Waals surface area contributed by atoms with Crippen LogP contribution < -0.4 is 14.8 Å². The fourth-order valence-corrected chi connectivity index (χ4v) is 2.88. The number of fused-ring (bicyclic) bond motifs is 1. The first-order chi connectivity index (χ1) is 14.1. The van der Waals surface area contributed by atoms with E-state index in [2.05, 4.69) is 15.4 Å². The molecule has 4 aromatic rings. The third kappa shape index (κ3) is 4.19. The second-order valence-electron chi connectivity index (χ2n) is 6.48. The smallest absolute Gasteiger partial charge is 0.262 e. The minimum Gasteiger partial charge on any atom is -0.484 e. The van der Waals surface area contributed by atoms with Crippen LogP contribution in [0.25, 0.3) is 16.9 Å². The van der Waals surface area contributed by atoms with Crippen LogP contribution in [0.3, 0.4) is 0 Å². The van der Waals surface area contributed by atoms with Gasteiger partial charge in [-0.1, -0.05) is 30.3 Å². The molecular formula is C22H20N4O3. The second kappa shape index (κ2) is 8.02. The van der Waals surface area contributed by atoms with Crippen LogP contribution in [0.4, 0.5) is 5.69 Å². The number of rotatable bonds is 6. The van der Waals surface area contributed by atoms with Gasteiger partial charge in [-0.15, -0.1) is 5.10 Å². The number of nitrogens with one attached hydrogen (secondary N) is 1. The quantitative estimate of drug-likeness (QED) is 0.545. The largest absolute Gasteiger partial charge is 0.484 e. The highest BCUT2D eigenvalue weighted by Gasteiger charge is 2.11. The Balaban J connectivity index is 1.52. The third-order valence-corrected chi connectivity index (χ3v) is 4.43. The highest BCUT2D eigenvalue weighted by atomic mass is 16.5. The molecule has 0 saturated heterocycles. The monoisotopic (exact) mass is 388 g/mol. The Morgan fingerprint density at radius 1 is 1.10 bits per heavy atom. The second-order valence-corrected chi connectivity index (χ2v) is 6.48. The molecule has 7 nitrogen and oxygen atoms in total. The van der Waals surface area contributed by atoms with Crippen molar-refractivity contribution in [3.8, 4) is 22.9 Å². The standard InChI is InChI=1S/C22H20N4O3/c1-15-8-9-16(19-13-26-20(23-19)10-11-22(25-26)28-2)12-18(15)24-21(27)14-29-17-6-4-3-5-7-17/h3-13H,14H2,1-2H3,(H,24,27). The molecule has 0 unspecified atom stereocenters. The van der Waals surface area contributed by atoms with Gasteiger partial charge in [0.25, 0.3) is 5.91 Å². The van der Waals surface area contributed by atoms with Gasteiger partial charge in [-0.25, -0.2) is 9.50 Å². The van der Waals surface area contributed by atoms with E-state index in [0.29, 0.717) is 23.0 Å². The van der Waals surface area contributed by atoms with Crippen molar-refractivity contribution in [1.82, 2.24) is 14.6 Å². The van der Waals surface area contributed by atoms with Crippen molar-refractivity contribution in [3.05, 3.63) is 72.4 Å². The first kappa shape index (κ1) is 18.5. The van der Waals surface area contributed by atoms with Crippen LogP contribution in [0.5, 0.6) is 11.6 Å². The summed E-state index contributed by atoms with van der Waals surface area (Å²) in [5.41, 5.74) is 4.00. The molecule has 0 atom stereocenters. The molecule has 0 spiro atoms. The topological polar surface area (TPSA) is 77.8 Å². The summed E-state index contributed by atoms with van der Waals surface area (Å²) in [5.74, 6) is 0.938. The molecule has 1 N–H and O–H groups in total. The number of carbonyl (C=O) groups is 1. The van der Waals surface area contributed by atoms with Gasteiger partial charge < -0.3 is 14.8 Å². The number of hydrogen-bond donors (Lipinski definition) is 1. The number of aryl methyl sites for hydroxylation is 1. The molecule has 0 fully saturated rings. The molecule has 0 saturated carbocycles. The van der Waals surface area contributed by atoms with Gasteiger partial charge in [0.15, 0.2) is 12.3 Å². The molecular weight excluding hydrogens is 368 g/mol. The predicted molar refractivity (Wildman–Crippen MR) is 110 cm³/mol. The molecule has 2 aromatic carbocycles. The number of methoxy groups -OCH3 is 1. The molecule has 0 aliphatic carbocycles. The Bertz CT molecular complexity index is 1160. The molecule has 29 heavy (non-hydrogen) atoms. The molecule has 7 heteroatoms. The summed E-state index contributed by atoms with van der Waals surface area (Å²) in [7, 11) is 1.57. The van der Waals surface area contributed by atoms with E-state index in [9.17, 15) is 4.79 Å². The average Bonchev–Trinajstić information content (AvgIpc) is 3.18. The molecule has 2 aromatic heterocycles. The average molecular weight is 388 g/mol. The molecule has 1 amide bonds. The number of para-hydroxylation sites is 1. The van der Waals surface area contributed by atoms with Gasteiger partial charge in [-0.05, 0) is 36.8 Å². The zero-order chi connectivity index (χ0) is 20.2. The Kier molecular flexibility index (Phi) is 5.11. The maximum Gasteiger partial charge on any atom is 0.262 e. The van der Waals surface area contributed by atoms with E-state index in [1.54, 1.807) is 17.7 Å². The molecule has 0 aliphatic rings.